The molecule has 4 atom stereocenters. The van der Waals surface area contributed by atoms with Crippen LogP contribution in [0.2, 0.25) is 0 Å². The number of ether oxygens (including phenoxy) is 5. The third-order valence-electron chi connectivity index (χ3n) is 8.36. The molecule has 2 saturated carbocycles. The lowest BCUT2D eigenvalue weighted by atomic mass is 9.72. The van der Waals surface area contributed by atoms with E-state index in [1.165, 1.54) is 25.7 Å². The van der Waals surface area contributed by atoms with Crippen LogP contribution >= 0.6 is 0 Å². The lowest BCUT2D eigenvalue weighted by Gasteiger charge is -2.37. The summed E-state index contributed by atoms with van der Waals surface area (Å²) in [5.74, 6) is 2.14. The van der Waals surface area contributed by atoms with E-state index in [0.717, 1.165) is 55.4 Å². The minimum Gasteiger partial charge on any atom is -0.491 e. The number of carbonyl (C=O) groups excluding carboxylic acids is 1. The number of rotatable bonds is 9. The van der Waals surface area contributed by atoms with E-state index >= 15 is 0 Å². The number of aryl methyl sites for hydroxylation is 1. The number of benzene rings is 1. The van der Waals surface area contributed by atoms with Gasteiger partial charge in [0.15, 0.2) is 0 Å². The lowest BCUT2D eigenvalue weighted by molar-refractivity contribution is -0.00859. The summed E-state index contributed by atoms with van der Waals surface area (Å²) in [7, 11) is 0. The van der Waals surface area contributed by atoms with E-state index in [9.17, 15) is 4.79 Å². The van der Waals surface area contributed by atoms with Crippen LogP contribution in [0.5, 0.6) is 5.75 Å². The zero-order valence-corrected chi connectivity index (χ0v) is 20.9. The molecule has 0 aromatic heterocycles. The molecule has 0 spiro atoms. The second-order valence-corrected chi connectivity index (χ2v) is 10.9. The van der Waals surface area contributed by atoms with Crippen LogP contribution in [0.1, 0.15) is 81.1 Å². The highest BCUT2D eigenvalue weighted by molar-refractivity contribution is 5.90. The number of hydrogen-bond donors (Lipinski definition) is 0. The molecule has 1 aromatic carbocycles. The first kappa shape index (κ1) is 24.1. The Labute approximate surface area is 203 Å². The molecule has 1 aromatic rings. The Kier molecular flexibility index (Phi) is 7.47. The molecule has 0 N–H and O–H groups in total. The molecule has 0 bridgehead atoms. The second-order valence-electron chi connectivity index (χ2n) is 10.9. The summed E-state index contributed by atoms with van der Waals surface area (Å²) in [6.45, 7) is 7.43. The Morgan fingerprint density at radius 1 is 0.853 bits per heavy atom. The van der Waals surface area contributed by atoms with E-state index in [1.54, 1.807) is 0 Å². The van der Waals surface area contributed by atoms with Crippen LogP contribution in [0.4, 0.5) is 0 Å². The van der Waals surface area contributed by atoms with E-state index in [2.05, 4.69) is 6.92 Å². The van der Waals surface area contributed by atoms with Crippen molar-refractivity contribution in [2.24, 2.45) is 11.8 Å². The largest absolute Gasteiger partial charge is 0.491 e. The topological polar surface area (TPSA) is 69.8 Å². The lowest BCUT2D eigenvalue weighted by Crippen LogP contribution is -2.31. The zero-order chi connectivity index (χ0) is 23.7. The van der Waals surface area contributed by atoms with E-state index < -0.39 is 0 Å². The number of hydrogen-bond acceptors (Lipinski definition) is 6. The highest BCUT2D eigenvalue weighted by Gasteiger charge is 2.37. The van der Waals surface area contributed by atoms with Gasteiger partial charge in [-0.25, -0.2) is 4.79 Å². The van der Waals surface area contributed by atoms with Crippen molar-refractivity contribution in [3.8, 4) is 5.75 Å². The number of esters is 1. The predicted octanol–water partition coefficient (Wildman–Crippen LogP) is 5.24. The third-order valence-corrected chi connectivity index (χ3v) is 8.36. The summed E-state index contributed by atoms with van der Waals surface area (Å²) >= 11 is 0. The fourth-order valence-electron chi connectivity index (χ4n) is 5.78. The van der Waals surface area contributed by atoms with Gasteiger partial charge in [0.2, 0.25) is 0 Å². The van der Waals surface area contributed by atoms with Gasteiger partial charge in [-0.1, -0.05) is 0 Å². The molecule has 4 aliphatic rings. The molecule has 34 heavy (non-hydrogen) atoms. The molecule has 4 unspecified atom stereocenters. The molecule has 2 aliphatic heterocycles. The summed E-state index contributed by atoms with van der Waals surface area (Å²) < 4.78 is 28.6. The van der Waals surface area contributed by atoms with Gasteiger partial charge in [0, 0.05) is 0 Å². The quantitative estimate of drug-likeness (QED) is 0.362. The highest BCUT2D eigenvalue weighted by Crippen LogP contribution is 2.40. The Morgan fingerprint density at radius 3 is 1.97 bits per heavy atom. The molecular formula is C28H40O6. The van der Waals surface area contributed by atoms with E-state index in [-0.39, 0.29) is 24.3 Å². The molecule has 6 nitrogen and oxygen atoms in total. The average molecular weight is 473 g/mol. The standard InChI is InChI=1S/C28H40O6/c1-17-14-22(8-13-25(17)31-16-27-19(3)33-27)28(29)34-24-11-6-21(7-12-24)20-4-9-23(10-5-20)30-15-26-18(2)32-26/h8,13-14,18-21,23-24,26-27H,4-7,9-12,15-16H2,1-3H3. The minimum atomic E-state index is -0.219. The summed E-state index contributed by atoms with van der Waals surface area (Å²) in [4.78, 5) is 12.7. The van der Waals surface area contributed by atoms with Gasteiger partial charge in [0.25, 0.3) is 0 Å². The molecule has 2 heterocycles. The predicted molar refractivity (Wildman–Crippen MR) is 128 cm³/mol. The van der Waals surface area contributed by atoms with Crippen molar-refractivity contribution >= 4 is 5.97 Å². The maximum absolute atomic E-state index is 12.7. The van der Waals surface area contributed by atoms with Crippen LogP contribution in [0.3, 0.4) is 0 Å². The molecule has 0 amide bonds. The van der Waals surface area contributed by atoms with Gasteiger partial charge in [-0.05, 0) is 108 Å². The first-order valence-electron chi connectivity index (χ1n) is 13.3. The fraction of sp³-hybridized carbons (Fsp3) is 0.750. The maximum Gasteiger partial charge on any atom is 0.338 e. The minimum absolute atomic E-state index is 0.0358. The van der Waals surface area contributed by atoms with Crippen molar-refractivity contribution < 1.29 is 28.5 Å². The van der Waals surface area contributed by atoms with Gasteiger partial charge in [-0.2, -0.15) is 0 Å². The summed E-state index contributed by atoms with van der Waals surface area (Å²) in [6, 6.07) is 5.55. The normalized spacial score (nSPS) is 37.1. The second kappa shape index (κ2) is 10.5. The Hall–Kier alpha value is -1.63. The Balaban J connectivity index is 1.01. The Morgan fingerprint density at radius 2 is 1.41 bits per heavy atom. The summed E-state index contributed by atoms with van der Waals surface area (Å²) in [6.07, 6.45) is 10.8. The van der Waals surface area contributed by atoms with Gasteiger partial charge in [-0.15, -0.1) is 0 Å². The van der Waals surface area contributed by atoms with Crippen LogP contribution < -0.4 is 4.74 Å². The molecule has 4 fully saturated rings. The van der Waals surface area contributed by atoms with Crippen LogP contribution in [-0.4, -0.2) is 55.8 Å². The fourth-order valence-corrected chi connectivity index (χ4v) is 5.78. The smallest absolute Gasteiger partial charge is 0.338 e. The van der Waals surface area contributed by atoms with Gasteiger partial charge in [0.1, 0.15) is 30.7 Å². The van der Waals surface area contributed by atoms with E-state index in [1.807, 2.05) is 32.0 Å². The molecule has 6 heteroatoms. The van der Waals surface area contributed by atoms with E-state index in [0.29, 0.717) is 30.5 Å². The monoisotopic (exact) mass is 472 g/mol. The van der Waals surface area contributed by atoms with Crippen molar-refractivity contribution in [3.63, 3.8) is 0 Å². The first-order valence-corrected chi connectivity index (χ1v) is 13.3. The van der Waals surface area contributed by atoms with Crippen molar-refractivity contribution in [2.45, 2.75) is 109 Å². The highest BCUT2D eigenvalue weighted by atomic mass is 16.6. The Bertz CT molecular complexity index is 839. The van der Waals surface area contributed by atoms with Crippen molar-refractivity contribution in [3.05, 3.63) is 29.3 Å². The maximum atomic E-state index is 12.7. The summed E-state index contributed by atoms with van der Waals surface area (Å²) in [5.41, 5.74) is 1.55. The molecule has 5 rings (SSSR count). The molecular weight excluding hydrogens is 432 g/mol. The van der Waals surface area contributed by atoms with Crippen LogP contribution in [-0.2, 0) is 18.9 Å². The van der Waals surface area contributed by atoms with Gasteiger partial charge >= 0.3 is 5.97 Å². The van der Waals surface area contributed by atoms with Gasteiger partial charge in [-0.3, -0.25) is 0 Å². The number of carbonyl (C=O) groups is 1. The summed E-state index contributed by atoms with van der Waals surface area (Å²) in [5, 5.41) is 0. The van der Waals surface area contributed by atoms with E-state index in [4.69, 9.17) is 23.7 Å². The third kappa shape index (κ3) is 6.13. The molecule has 0 radical (unpaired) electrons. The molecule has 188 valence electrons. The zero-order valence-electron chi connectivity index (χ0n) is 20.9. The first-order chi connectivity index (χ1) is 16.5. The van der Waals surface area contributed by atoms with Crippen molar-refractivity contribution in [2.75, 3.05) is 13.2 Å². The van der Waals surface area contributed by atoms with Crippen LogP contribution in [0.15, 0.2) is 18.2 Å². The van der Waals surface area contributed by atoms with Gasteiger partial charge < -0.3 is 23.7 Å². The average Bonchev–Trinajstić information content (AvgIpc) is 3.75. The molecule has 2 saturated heterocycles. The number of epoxide rings is 2. The SMILES string of the molecule is Cc1cc(C(=O)OC2CCC(C3CCC(OCC4OC4C)CC3)CC2)ccc1OCC1OC1C. The van der Waals surface area contributed by atoms with Crippen molar-refractivity contribution in [1.29, 1.82) is 0 Å². The van der Waals surface area contributed by atoms with Crippen LogP contribution in [0, 0.1) is 18.8 Å². The van der Waals surface area contributed by atoms with Crippen LogP contribution in [0.25, 0.3) is 0 Å². The van der Waals surface area contributed by atoms with Gasteiger partial charge in [0.05, 0.1) is 30.5 Å². The van der Waals surface area contributed by atoms with Crippen molar-refractivity contribution in [1.82, 2.24) is 0 Å². The molecule has 2 aliphatic carbocycles.